The third kappa shape index (κ3) is 13.1. The van der Waals surface area contributed by atoms with Gasteiger partial charge in [0.05, 0.1) is 42.7 Å². The fourth-order valence-corrected chi connectivity index (χ4v) is 7.99. The van der Waals surface area contributed by atoms with Crippen LogP contribution in [0.3, 0.4) is 0 Å². The fourth-order valence-electron chi connectivity index (χ4n) is 7.99. The molecule has 14 heteroatoms. The Hall–Kier alpha value is -3.75. The first kappa shape index (κ1) is 49.4. The molecule has 14 nitrogen and oxygen atoms in total. The maximum atomic E-state index is 14.4. The Bertz CT molecular complexity index is 1480. The van der Waals surface area contributed by atoms with Crippen molar-refractivity contribution in [1.82, 2.24) is 25.3 Å². The van der Waals surface area contributed by atoms with Crippen LogP contribution in [0.4, 0.5) is 0 Å². The highest BCUT2D eigenvalue weighted by Crippen LogP contribution is 2.30. The molecule has 1 aliphatic heterocycles. The topological polar surface area (TPSA) is 178 Å². The highest BCUT2D eigenvalue weighted by molar-refractivity contribution is 5.90. The Labute approximate surface area is 341 Å². The summed E-state index contributed by atoms with van der Waals surface area (Å²) in [6, 6.07) is 2.68. The van der Waals surface area contributed by atoms with Gasteiger partial charge in [-0.3, -0.25) is 24.1 Å². The zero-order valence-corrected chi connectivity index (χ0v) is 37.0. The van der Waals surface area contributed by atoms with Crippen LogP contribution in [0.5, 0.6) is 5.75 Å². The van der Waals surface area contributed by atoms with E-state index in [0.29, 0.717) is 31.4 Å². The van der Waals surface area contributed by atoms with Crippen LogP contribution >= 0.6 is 0 Å². The van der Waals surface area contributed by atoms with E-state index in [2.05, 4.69) is 10.6 Å². The maximum Gasteiger partial charge on any atom is 0.326 e. The third-order valence-electron chi connectivity index (χ3n) is 11.9. The number of ether oxygens (including phenoxy) is 2. The maximum absolute atomic E-state index is 14.4. The summed E-state index contributed by atoms with van der Waals surface area (Å²) >= 11 is 0. The Balaban J connectivity index is 2.30. The molecule has 0 radical (unpaired) electrons. The number of hydrogen-bond donors (Lipinski definition) is 4. The van der Waals surface area contributed by atoms with E-state index in [1.807, 2.05) is 74.3 Å². The molecule has 0 aliphatic carbocycles. The van der Waals surface area contributed by atoms with Crippen LogP contribution in [-0.2, 0) is 39.9 Å². The molecule has 0 aromatic heterocycles. The highest BCUT2D eigenvalue weighted by atomic mass is 16.5. The summed E-state index contributed by atoms with van der Waals surface area (Å²) in [4.78, 5) is 73.6. The van der Waals surface area contributed by atoms with Gasteiger partial charge in [-0.15, -0.1) is 0 Å². The summed E-state index contributed by atoms with van der Waals surface area (Å²) in [5.41, 5.74) is 0.356. The number of aromatic hydroxyl groups is 1. The van der Waals surface area contributed by atoms with Crippen molar-refractivity contribution in [1.29, 1.82) is 0 Å². The fraction of sp³-hybridized carbons (Fsp3) is 0.744. The van der Waals surface area contributed by atoms with Gasteiger partial charge in [-0.05, 0) is 76.1 Å². The number of nitrogens with one attached hydrogen (secondary N) is 2. The van der Waals surface area contributed by atoms with Crippen LogP contribution < -0.4 is 10.6 Å². The van der Waals surface area contributed by atoms with E-state index >= 15 is 0 Å². The van der Waals surface area contributed by atoms with Crippen LogP contribution in [0.15, 0.2) is 24.3 Å². The number of phenolic OH excluding ortho intramolecular Hbond substituents is 1. The Morgan fingerprint density at radius 2 is 1.51 bits per heavy atom. The number of phenols is 1. The number of amides is 4. The molecular weight excluding hydrogens is 730 g/mol. The highest BCUT2D eigenvalue weighted by Gasteiger charge is 2.44. The molecule has 0 bridgehead atoms. The quantitative estimate of drug-likeness (QED) is 0.140. The van der Waals surface area contributed by atoms with Crippen molar-refractivity contribution in [2.75, 3.05) is 34.9 Å². The van der Waals surface area contributed by atoms with Crippen molar-refractivity contribution in [3.63, 3.8) is 0 Å². The molecule has 4 N–H and O–H groups in total. The number of nitrogens with zero attached hydrogens (tertiary/aromatic N) is 3. The first-order chi connectivity index (χ1) is 26.5. The van der Waals surface area contributed by atoms with Gasteiger partial charge in [0.1, 0.15) is 17.8 Å². The minimum Gasteiger partial charge on any atom is -0.508 e. The minimum atomic E-state index is -1.21. The van der Waals surface area contributed by atoms with E-state index in [1.165, 1.54) is 26.4 Å². The standard InChI is InChI=1S/C43H73N5O9/c1-15-27(6)37(46(11)41(53)35(25(2)3)45-40(52)36(26(4)5)47(12)43(8,9)10)33(56-13)24-34(50)48-22-16-17-32(48)38(57-14)28(7)39(51)44-31(42(54)55)23-29-18-20-30(49)21-19-29/h18-21,25-28,31-33,35-38,49H,15-17,22-24H2,1-14H3,(H,44,51)(H,45,52)(H,54,55)/t27-,28+,31-,32-,33+,35-,36-,37-,38+/m0/s1. The molecule has 1 aromatic carbocycles. The van der Waals surface area contributed by atoms with Crippen molar-refractivity contribution < 1.29 is 43.7 Å². The lowest BCUT2D eigenvalue weighted by Crippen LogP contribution is -2.61. The minimum absolute atomic E-state index is 0.00525. The number of hydrogen-bond acceptors (Lipinski definition) is 9. The molecule has 9 atom stereocenters. The lowest BCUT2D eigenvalue weighted by molar-refractivity contribution is -0.148. The van der Waals surface area contributed by atoms with Crippen LogP contribution in [0, 0.1) is 23.7 Å². The number of likely N-dealkylation sites (N-methyl/N-ethyl adjacent to an activating group) is 2. The molecular formula is C43H73N5O9. The molecule has 1 saturated heterocycles. The Morgan fingerprint density at radius 1 is 0.912 bits per heavy atom. The van der Waals surface area contributed by atoms with Gasteiger partial charge in [-0.2, -0.15) is 0 Å². The average molecular weight is 804 g/mol. The van der Waals surface area contributed by atoms with Gasteiger partial charge < -0.3 is 40.1 Å². The normalized spacial score (nSPS) is 19.0. The van der Waals surface area contributed by atoms with Gasteiger partial charge in [0.15, 0.2) is 0 Å². The van der Waals surface area contributed by atoms with Crippen molar-refractivity contribution in [2.24, 2.45) is 23.7 Å². The van der Waals surface area contributed by atoms with Crippen LogP contribution in [0.1, 0.15) is 100 Å². The van der Waals surface area contributed by atoms with Crippen molar-refractivity contribution in [2.45, 2.75) is 149 Å². The number of carbonyl (C=O) groups is 5. The Kier molecular flexibility index (Phi) is 18.9. The number of methoxy groups -OCH3 is 2. The number of rotatable bonds is 21. The lowest BCUT2D eigenvalue weighted by atomic mass is 9.89. The van der Waals surface area contributed by atoms with E-state index in [0.717, 1.165) is 0 Å². The second-order valence-corrected chi connectivity index (χ2v) is 17.6. The average Bonchev–Trinajstić information content (AvgIpc) is 3.62. The van der Waals surface area contributed by atoms with Crippen LogP contribution in [0.2, 0.25) is 0 Å². The zero-order valence-electron chi connectivity index (χ0n) is 37.0. The molecule has 1 aliphatic rings. The smallest absolute Gasteiger partial charge is 0.326 e. The molecule has 2 rings (SSSR count). The van der Waals surface area contributed by atoms with E-state index in [9.17, 15) is 34.2 Å². The summed E-state index contributed by atoms with van der Waals surface area (Å²) in [5, 5.41) is 25.2. The molecule has 1 heterocycles. The van der Waals surface area contributed by atoms with Gasteiger partial charge in [0, 0.05) is 39.8 Å². The number of benzene rings is 1. The SMILES string of the molecule is CC[C@H](C)[C@@H]([C@@H](CC(=O)N1CCC[C@H]1[C@H](OC)[C@@H](C)C(=O)N[C@@H](Cc1ccc(O)cc1)C(=O)O)OC)N(C)C(=O)[C@@H](NC(=O)[C@H](C(C)C)N(C)C(C)(C)C)C(C)C. The summed E-state index contributed by atoms with van der Waals surface area (Å²) in [6.07, 6.45) is 0.553. The number of carbonyl (C=O) groups excluding carboxylic acids is 4. The molecule has 324 valence electrons. The zero-order chi connectivity index (χ0) is 43.5. The summed E-state index contributed by atoms with van der Waals surface area (Å²) < 4.78 is 11.9. The van der Waals surface area contributed by atoms with E-state index < -0.39 is 60.2 Å². The molecule has 0 saturated carbocycles. The van der Waals surface area contributed by atoms with E-state index in [-0.39, 0.29) is 59.6 Å². The predicted molar refractivity (Wildman–Crippen MR) is 220 cm³/mol. The van der Waals surface area contributed by atoms with Gasteiger partial charge in [0.2, 0.25) is 23.6 Å². The lowest BCUT2D eigenvalue weighted by Gasteiger charge is -2.42. The van der Waals surface area contributed by atoms with Gasteiger partial charge in [-0.25, -0.2) is 4.79 Å². The molecule has 0 spiro atoms. The Morgan fingerprint density at radius 3 is 1.98 bits per heavy atom. The number of aliphatic carboxylic acids is 1. The molecule has 0 unspecified atom stereocenters. The van der Waals surface area contributed by atoms with E-state index in [1.54, 1.807) is 35.9 Å². The van der Waals surface area contributed by atoms with E-state index in [4.69, 9.17) is 9.47 Å². The van der Waals surface area contributed by atoms with Gasteiger partial charge in [-0.1, -0.05) is 67.0 Å². The first-order valence-electron chi connectivity index (χ1n) is 20.5. The van der Waals surface area contributed by atoms with Gasteiger partial charge in [0.25, 0.3) is 0 Å². The largest absolute Gasteiger partial charge is 0.508 e. The second-order valence-electron chi connectivity index (χ2n) is 17.6. The first-order valence-corrected chi connectivity index (χ1v) is 20.5. The molecule has 1 fully saturated rings. The molecule has 57 heavy (non-hydrogen) atoms. The monoisotopic (exact) mass is 804 g/mol. The number of carboxylic acid groups (broad SMARTS) is 1. The van der Waals surface area contributed by atoms with Crippen LogP contribution in [-0.4, -0.2) is 137 Å². The molecule has 1 aromatic rings. The van der Waals surface area contributed by atoms with Crippen molar-refractivity contribution in [3.05, 3.63) is 29.8 Å². The van der Waals surface area contributed by atoms with Gasteiger partial charge >= 0.3 is 5.97 Å². The second kappa shape index (κ2) is 21.9. The number of likely N-dealkylation sites (tertiary alicyclic amines) is 1. The number of carboxylic acids is 1. The van der Waals surface area contributed by atoms with Crippen LogP contribution in [0.25, 0.3) is 0 Å². The van der Waals surface area contributed by atoms with Crippen molar-refractivity contribution >= 4 is 29.6 Å². The summed E-state index contributed by atoms with van der Waals surface area (Å²) in [6.45, 7) is 20.1. The summed E-state index contributed by atoms with van der Waals surface area (Å²) in [7, 11) is 6.65. The predicted octanol–water partition coefficient (Wildman–Crippen LogP) is 4.32. The molecule has 4 amide bonds. The van der Waals surface area contributed by atoms with Crippen molar-refractivity contribution in [3.8, 4) is 5.75 Å². The third-order valence-corrected chi connectivity index (χ3v) is 11.9. The summed E-state index contributed by atoms with van der Waals surface area (Å²) in [5.74, 6) is -3.44.